The molecule has 3 fully saturated rings. The van der Waals surface area contributed by atoms with Crippen molar-refractivity contribution in [2.45, 2.75) is 64.6 Å². The van der Waals surface area contributed by atoms with Crippen LogP contribution in [-0.2, 0) is 17.9 Å². The number of aromatic nitrogens is 4. The van der Waals surface area contributed by atoms with Gasteiger partial charge in [0.2, 0.25) is 5.89 Å². The predicted molar refractivity (Wildman–Crippen MR) is 209 cm³/mol. The van der Waals surface area contributed by atoms with Crippen molar-refractivity contribution in [3.63, 3.8) is 0 Å². The fourth-order valence-corrected chi connectivity index (χ4v) is 8.16. The Labute approximate surface area is 318 Å². The number of aliphatic hydroxyl groups is 1. The van der Waals surface area contributed by atoms with Crippen LogP contribution in [0.25, 0.3) is 44.7 Å². The zero-order valence-electron chi connectivity index (χ0n) is 30.9. The summed E-state index contributed by atoms with van der Waals surface area (Å²) in [6, 6.07) is 20.4. The zero-order chi connectivity index (χ0) is 37.8. The fourth-order valence-electron chi connectivity index (χ4n) is 8.16. The van der Waals surface area contributed by atoms with Crippen LogP contribution in [0.3, 0.4) is 0 Å². The number of hydrogen-bond acceptors (Lipinski definition) is 11. The molecule has 9 rings (SSSR count). The number of carboxylic acids is 1. The van der Waals surface area contributed by atoms with Crippen molar-refractivity contribution >= 4 is 39.6 Å². The summed E-state index contributed by atoms with van der Waals surface area (Å²) in [5, 5.41) is 33.1. The molecule has 5 heterocycles. The van der Waals surface area contributed by atoms with Crippen molar-refractivity contribution in [3.05, 3.63) is 94.4 Å². The number of fused-ring (bicyclic) bond motifs is 2. The number of nitrogens with zero attached hydrogens (tertiary/aromatic N) is 7. The number of likely N-dealkylation sites (tertiary alicyclic amines) is 2. The Bertz CT molecular complexity index is 2520. The average molecular weight is 735 g/mol. The number of nitriles is 1. The van der Waals surface area contributed by atoms with E-state index in [2.05, 4.69) is 59.3 Å². The smallest absolute Gasteiger partial charge is 0.307 e. The van der Waals surface area contributed by atoms with E-state index in [0.717, 1.165) is 93.8 Å². The van der Waals surface area contributed by atoms with Gasteiger partial charge < -0.3 is 19.9 Å². The lowest BCUT2D eigenvalue weighted by Gasteiger charge is -2.17. The van der Waals surface area contributed by atoms with Crippen molar-refractivity contribution < 1.29 is 19.4 Å². The van der Waals surface area contributed by atoms with Gasteiger partial charge in [-0.25, -0.2) is 15.0 Å². The van der Waals surface area contributed by atoms with Gasteiger partial charge in [-0.15, -0.1) is 0 Å². The fraction of sp³-hybridized carbons (Fsp3) is 0.349. The third-order valence-corrected chi connectivity index (χ3v) is 11.3. The molecule has 0 radical (unpaired) electrons. The van der Waals surface area contributed by atoms with Crippen LogP contribution in [0.4, 0.5) is 11.5 Å². The highest BCUT2D eigenvalue weighted by molar-refractivity contribution is 5.90. The second-order valence-corrected chi connectivity index (χ2v) is 15.4. The van der Waals surface area contributed by atoms with Gasteiger partial charge in [-0.2, -0.15) is 5.26 Å². The van der Waals surface area contributed by atoms with Gasteiger partial charge in [0.15, 0.2) is 11.4 Å². The van der Waals surface area contributed by atoms with E-state index >= 15 is 0 Å². The van der Waals surface area contributed by atoms with Crippen LogP contribution in [0.1, 0.15) is 65.2 Å². The molecule has 3 aromatic heterocycles. The molecule has 2 atom stereocenters. The molecule has 2 saturated heterocycles. The Balaban J connectivity index is 1.02. The summed E-state index contributed by atoms with van der Waals surface area (Å²) < 4.78 is 6.31. The normalized spacial score (nSPS) is 19.0. The summed E-state index contributed by atoms with van der Waals surface area (Å²) in [7, 11) is 0. The molecule has 2 aliphatic heterocycles. The molecule has 3 N–H and O–H groups in total. The second-order valence-electron chi connectivity index (χ2n) is 15.4. The maximum Gasteiger partial charge on any atom is 0.307 e. The number of carbonyl (C=O) groups is 1. The summed E-state index contributed by atoms with van der Waals surface area (Å²) in [5.41, 5.74) is 10.8. The van der Waals surface area contributed by atoms with Crippen molar-refractivity contribution in [3.8, 4) is 28.7 Å². The quantitative estimate of drug-likeness (QED) is 0.131. The van der Waals surface area contributed by atoms with Crippen LogP contribution in [0.5, 0.6) is 0 Å². The maximum atomic E-state index is 11.5. The number of aliphatic carboxylic acids is 1. The molecule has 2 unspecified atom stereocenters. The van der Waals surface area contributed by atoms with Crippen LogP contribution in [-0.4, -0.2) is 78.2 Å². The summed E-state index contributed by atoms with van der Waals surface area (Å²) in [4.78, 5) is 35.5. The lowest BCUT2D eigenvalue weighted by molar-refractivity contribution is -0.141. The number of aliphatic hydroxyl groups excluding tert-OH is 1. The highest BCUT2D eigenvalue weighted by Crippen LogP contribution is 2.41. The molecule has 3 aliphatic rings. The molecule has 0 amide bonds. The number of rotatable bonds is 10. The number of β-amino-alcohol motifs (C(OH)–C–C–N with tert-alkyl or cyclic N) is 1. The van der Waals surface area contributed by atoms with E-state index in [4.69, 9.17) is 24.4 Å². The number of pyridine rings is 1. The molecule has 3 aromatic carbocycles. The lowest BCUT2D eigenvalue weighted by atomic mass is 9.93. The molecule has 1 aliphatic carbocycles. The van der Waals surface area contributed by atoms with Gasteiger partial charge in [-0.05, 0) is 110 Å². The van der Waals surface area contributed by atoms with E-state index in [1.807, 2.05) is 36.5 Å². The Morgan fingerprint density at radius 2 is 1.62 bits per heavy atom. The molecule has 0 spiro atoms. The number of carboxylic acid groups (broad SMARTS) is 1. The van der Waals surface area contributed by atoms with Crippen LogP contribution >= 0.6 is 0 Å². The average Bonchev–Trinajstić information content (AvgIpc) is 3.54. The highest BCUT2D eigenvalue weighted by atomic mass is 16.4. The SMILES string of the molecule is Cc1c(Nc2nc(C3CC3)nc3cc(CN4CCC(O)C4)cnc23)cccc1-c1cccc(-c2nc3cc(CN4CCC(C(=O)O)C4)cc(C#N)c3o2)c1C. The first kappa shape index (κ1) is 35.0. The topological polar surface area (TPSA) is 165 Å². The van der Waals surface area contributed by atoms with Crippen LogP contribution in [0, 0.1) is 31.1 Å². The van der Waals surface area contributed by atoms with Gasteiger partial charge in [0, 0.05) is 56.1 Å². The number of benzene rings is 3. The van der Waals surface area contributed by atoms with Crippen molar-refractivity contribution in [2.24, 2.45) is 5.92 Å². The van der Waals surface area contributed by atoms with E-state index < -0.39 is 5.97 Å². The van der Waals surface area contributed by atoms with Crippen molar-refractivity contribution in [2.75, 3.05) is 31.5 Å². The molecule has 0 bridgehead atoms. The molecule has 55 heavy (non-hydrogen) atoms. The third-order valence-electron chi connectivity index (χ3n) is 11.3. The molecule has 6 aromatic rings. The van der Waals surface area contributed by atoms with E-state index in [-0.39, 0.29) is 12.0 Å². The first-order chi connectivity index (χ1) is 26.7. The Kier molecular flexibility index (Phi) is 9.01. The highest BCUT2D eigenvalue weighted by Gasteiger charge is 2.30. The van der Waals surface area contributed by atoms with Gasteiger partial charge in [-0.3, -0.25) is 19.6 Å². The van der Waals surface area contributed by atoms with Crippen LogP contribution in [0.15, 0.2) is 65.2 Å². The molecule has 12 heteroatoms. The minimum atomic E-state index is -0.767. The van der Waals surface area contributed by atoms with Crippen molar-refractivity contribution in [1.82, 2.24) is 29.7 Å². The van der Waals surface area contributed by atoms with E-state index in [1.54, 1.807) is 0 Å². The number of oxazole rings is 1. The maximum absolute atomic E-state index is 11.5. The first-order valence-corrected chi connectivity index (χ1v) is 19.0. The van der Waals surface area contributed by atoms with Gasteiger partial charge in [0.1, 0.15) is 22.9 Å². The minimum Gasteiger partial charge on any atom is -0.481 e. The zero-order valence-corrected chi connectivity index (χ0v) is 30.9. The Morgan fingerprint density at radius 1 is 0.891 bits per heavy atom. The van der Waals surface area contributed by atoms with Gasteiger partial charge in [0.25, 0.3) is 0 Å². The Morgan fingerprint density at radius 3 is 2.36 bits per heavy atom. The van der Waals surface area contributed by atoms with Gasteiger partial charge in [-0.1, -0.05) is 24.3 Å². The molecule has 1 saturated carbocycles. The lowest BCUT2D eigenvalue weighted by Crippen LogP contribution is -2.22. The molecular formula is C43H42N8O4. The standard InChI is InChI=1S/C43H42N8O4/c1-24-32(5-3-7-34(24)42-48-37-16-26(15-30(18-44)39(37)55-42)20-50-13-11-29(22-50)43(53)54)33-6-4-8-35(25(33)2)46-41-38-36(47-40(49-41)28-9-10-28)17-27(19-45-38)21-51-14-12-31(52)23-51/h3-8,15-17,19,28-29,31,52H,9-14,20-23H2,1-2H3,(H,53,54)(H,46,47,49). The van der Waals surface area contributed by atoms with E-state index in [1.165, 1.54) is 0 Å². The first-order valence-electron chi connectivity index (χ1n) is 19.0. The largest absolute Gasteiger partial charge is 0.481 e. The Hall–Kier alpha value is -5.74. The summed E-state index contributed by atoms with van der Waals surface area (Å²) in [6.07, 6.45) is 5.21. The van der Waals surface area contributed by atoms with Gasteiger partial charge >= 0.3 is 5.97 Å². The van der Waals surface area contributed by atoms with Crippen molar-refractivity contribution in [1.29, 1.82) is 5.26 Å². The second kappa shape index (κ2) is 14.2. The van der Waals surface area contributed by atoms with E-state index in [0.29, 0.717) is 66.9 Å². The predicted octanol–water partition coefficient (Wildman–Crippen LogP) is 7.08. The van der Waals surface area contributed by atoms with Gasteiger partial charge in [0.05, 0.1) is 23.1 Å². The summed E-state index contributed by atoms with van der Waals surface area (Å²) in [5.74, 6) is 1.19. The van der Waals surface area contributed by atoms with Crippen LogP contribution < -0.4 is 5.32 Å². The number of nitrogens with one attached hydrogen (secondary N) is 1. The summed E-state index contributed by atoms with van der Waals surface area (Å²) in [6.45, 7) is 8.17. The number of anilines is 2. The third kappa shape index (κ3) is 6.91. The van der Waals surface area contributed by atoms with E-state index in [9.17, 15) is 20.3 Å². The molecular weight excluding hydrogens is 693 g/mol. The monoisotopic (exact) mass is 734 g/mol. The van der Waals surface area contributed by atoms with Crippen LogP contribution in [0.2, 0.25) is 0 Å². The minimum absolute atomic E-state index is 0.268. The molecule has 278 valence electrons. The number of hydrogen-bond donors (Lipinski definition) is 3. The molecule has 12 nitrogen and oxygen atoms in total. The summed E-state index contributed by atoms with van der Waals surface area (Å²) >= 11 is 0.